The summed E-state index contributed by atoms with van der Waals surface area (Å²) in [6.45, 7) is 3.73. The molecule has 2 atom stereocenters. The second-order valence-corrected chi connectivity index (χ2v) is 7.31. The van der Waals surface area contributed by atoms with Crippen molar-refractivity contribution in [3.8, 4) is 0 Å². The zero-order valence-corrected chi connectivity index (χ0v) is 14.9. The van der Waals surface area contributed by atoms with E-state index in [9.17, 15) is 8.78 Å². The molecule has 0 aliphatic carbocycles. The first-order valence-electron chi connectivity index (χ1n) is 9.44. The van der Waals surface area contributed by atoms with Crippen molar-refractivity contribution in [1.82, 2.24) is 4.90 Å². The molecule has 5 heteroatoms. The van der Waals surface area contributed by atoms with Gasteiger partial charge in [-0.25, -0.2) is 8.78 Å². The third-order valence-corrected chi connectivity index (χ3v) is 5.67. The van der Waals surface area contributed by atoms with Gasteiger partial charge in [-0.15, -0.1) is 0 Å². The number of nitrogens with zero attached hydrogens (tertiary/aromatic N) is 2. The van der Waals surface area contributed by atoms with Crippen molar-refractivity contribution in [1.29, 1.82) is 0 Å². The number of fused-ring (bicyclic) bond motifs is 3. The highest BCUT2D eigenvalue weighted by Gasteiger charge is 2.42. The van der Waals surface area contributed by atoms with Gasteiger partial charge < -0.3 is 15.5 Å². The SMILES string of the molecule is NCCCCN1CC[C@@H]2[C@@H](C1)c1cc(F)ccc1N2c1ccc(F)cc1. The number of rotatable bonds is 5. The van der Waals surface area contributed by atoms with E-state index in [0.717, 1.165) is 62.4 Å². The summed E-state index contributed by atoms with van der Waals surface area (Å²) in [6.07, 6.45) is 3.16. The van der Waals surface area contributed by atoms with Gasteiger partial charge in [-0.05, 0) is 80.4 Å². The minimum Gasteiger partial charge on any atom is -0.337 e. The Bertz CT molecular complexity index is 762. The van der Waals surface area contributed by atoms with Crippen LogP contribution in [0.5, 0.6) is 0 Å². The van der Waals surface area contributed by atoms with E-state index in [1.807, 2.05) is 18.2 Å². The Morgan fingerprint density at radius 2 is 1.77 bits per heavy atom. The van der Waals surface area contributed by atoms with E-state index in [0.29, 0.717) is 6.04 Å². The lowest BCUT2D eigenvalue weighted by molar-refractivity contribution is 0.194. The maximum absolute atomic E-state index is 14.0. The monoisotopic (exact) mass is 357 g/mol. The molecule has 1 fully saturated rings. The maximum Gasteiger partial charge on any atom is 0.123 e. The smallest absolute Gasteiger partial charge is 0.123 e. The van der Waals surface area contributed by atoms with Crippen LogP contribution in [0.2, 0.25) is 0 Å². The molecule has 0 spiro atoms. The molecule has 0 aromatic heterocycles. The minimum atomic E-state index is -0.237. The second-order valence-electron chi connectivity index (χ2n) is 7.31. The van der Waals surface area contributed by atoms with Crippen molar-refractivity contribution in [3.05, 3.63) is 59.7 Å². The van der Waals surface area contributed by atoms with Crippen LogP contribution in [-0.2, 0) is 0 Å². The number of halogens is 2. The van der Waals surface area contributed by atoms with Gasteiger partial charge >= 0.3 is 0 Å². The molecule has 2 aromatic rings. The second kappa shape index (κ2) is 7.33. The number of hydrogen-bond acceptors (Lipinski definition) is 3. The van der Waals surface area contributed by atoms with Crippen LogP contribution in [0, 0.1) is 11.6 Å². The minimum absolute atomic E-state index is 0.191. The molecule has 4 rings (SSSR count). The summed E-state index contributed by atoms with van der Waals surface area (Å²) in [6, 6.07) is 12.0. The standard InChI is InChI=1S/C21H25F2N3/c22-15-3-6-17(7-4-15)26-20-8-5-16(23)13-18(20)19-14-25(11-2-1-10-24)12-9-21(19)26/h3-8,13,19,21H,1-2,9-12,14,24H2/t19-,21+/m0/s1. The van der Waals surface area contributed by atoms with Crippen LogP contribution >= 0.6 is 0 Å². The predicted octanol–water partition coefficient (Wildman–Crippen LogP) is 4.01. The van der Waals surface area contributed by atoms with Crippen molar-refractivity contribution in [3.63, 3.8) is 0 Å². The molecule has 1 saturated heterocycles. The molecule has 2 aromatic carbocycles. The lowest BCUT2D eigenvalue weighted by atomic mass is 9.89. The fourth-order valence-corrected chi connectivity index (χ4v) is 4.46. The van der Waals surface area contributed by atoms with Crippen molar-refractivity contribution in [2.24, 2.45) is 5.73 Å². The highest BCUT2D eigenvalue weighted by Crippen LogP contribution is 2.48. The summed E-state index contributed by atoms with van der Waals surface area (Å²) in [5, 5.41) is 0. The van der Waals surface area contributed by atoms with Crippen molar-refractivity contribution >= 4 is 11.4 Å². The molecule has 0 unspecified atom stereocenters. The summed E-state index contributed by atoms with van der Waals surface area (Å²) in [5.74, 6) is -0.153. The summed E-state index contributed by atoms with van der Waals surface area (Å²) in [4.78, 5) is 4.75. The number of piperidine rings is 1. The van der Waals surface area contributed by atoms with Gasteiger partial charge in [0.1, 0.15) is 11.6 Å². The average molecular weight is 357 g/mol. The van der Waals surface area contributed by atoms with Gasteiger partial charge in [0, 0.05) is 36.4 Å². The molecule has 0 saturated carbocycles. The largest absolute Gasteiger partial charge is 0.337 e. The van der Waals surface area contributed by atoms with Gasteiger partial charge in [0.05, 0.1) is 0 Å². The highest BCUT2D eigenvalue weighted by molar-refractivity contribution is 5.73. The van der Waals surface area contributed by atoms with Crippen LogP contribution in [0.1, 0.15) is 30.7 Å². The normalized spacial score (nSPS) is 22.3. The molecular weight excluding hydrogens is 332 g/mol. The Morgan fingerprint density at radius 1 is 1.00 bits per heavy atom. The van der Waals surface area contributed by atoms with E-state index in [2.05, 4.69) is 9.80 Å². The molecule has 2 aliphatic heterocycles. The van der Waals surface area contributed by atoms with Crippen molar-refractivity contribution in [2.45, 2.75) is 31.2 Å². The highest BCUT2D eigenvalue weighted by atomic mass is 19.1. The fraction of sp³-hybridized carbons (Fsp3) is 0.429. The lowest BCUT2D eigenvalue weighted by Gasteiger charge is -2.39. The van der Waals surface area contributed by atoms with Gasteiger partial charge in [0.25, 0.3) is 0 Å². The number of hydrogen-bond donors (Lipinski definition) is 1. The zero-order chi connectivity index (χ0) is 18.1. The lowest BCUT2D eigenvalue weighted by Crippen LogP contribution is -2.45. The Labute approximate surface area is 153 Å². The van der Waals surface area contributed by atoms with E-state index in [1.54, 1.807) is 6.07 Å². The van der Waals surface area contributed by atoms with E-state index < -0.39 is 0 Å². The predicted molar refractivity (Wildman–Crippen MR) is 101 cm³/mol. The molecule has 138 valence electrons. The third kappa shape index (κ3) is 3.21. The quantitative estimate of drug-likeness (QED) is 0.821. The first kappa shape index (κ1) is 17.4. The molecule has 2 N–H and O–H groups in total. The summed E-state index contributed by atoms with van der Waals surface area (Å²) in [5.41, 5.74) is 8.71. The van der Waals surface area contributed by atoms with E-state index >= 15 is 0 Å². The topological polar surface area (TPSA) is 32.5 Å². The summed E-state index contributed by atoms with van der Waals surface area (Å²) >= 11 is 0. The molecule has 0 radical (unpaired) electrons. The van der Waals surface area contributed by atoms with Gasteiger partial charge in [-0.3, -0.25) is 0 Å². The van der Waals surface area contributed by atoms with Crippen molar-refractivity contribution < 1.29 is 8.78 Å². The van der Waals surface area contributed by atoms with Gasteiger partial charge in [0.15, 0.2) is 0 Å². The molecule has 0 bridgehead atoms. The third-order valence-electron chi connectivity index (χ3n) is 5.67. The first-order chi connectivity index (χ1) is 12.7. The Kier molecular flexibility index (Phi) is 4.92. The average Bonchev–Trinajstić information content (AvgIpc) is 2.96. The maximum atomic E-state index is 14.0. The number of anilines is 2. The molecule has 0 amide bonds. The van der Waals surface area contributed by atoms with Gasteiger partial charge in [-0.2, -0.15) is 0 Å². The number of benzene rings is 2. The van der Waals surface area contributed by atoms with E-state index in [1.165, 1.54) is 18.2 Å². The van der Waals surface area contributed by atoms with Crippen LogP contribution in [0.3, 0.4) is 0 Å². The number of likely N-dealkylation sites (tertiary alicyclic amines) is 1. The van der Waals surface area contributed by atoms with E-state index in [4.69, 9.17) is 5.73 Å². The molecule has 3 nitrogen and oxygen atoms in total. The Hall–Kier alpha value is -1.98. The molecule has 26 heavy (non-hydrogen) atoms. The van der Waals surface area contributed by atoms with Crippen LogP contribution in [0.25, 0.3) is 0 Å². The van der Waals surface area contributed by atoms with Crippen molar-refractivity contribution in [2.75, 3.05) is 31.1 Å². The summed E-state index contributed by atoms with van der Waals surface area (Å²) < 4.78 is 27.3. The summed E-state index contributed by atoms with van der Waals surface area (Å²) in [7, 11) is 0. The van der Waals surface area contributed by atoms with Gasteiger partial charge in [-0.1, -0.05) is 0 Å². The molecule has 2 heterocycles. The van der Waals surface area contributed by atoms with Crippen LogP contribution < -0.4 is 10.6 Å². The molecular formula is C21H25F2N3. The van der Waals surface area contributed by atoms with Crippen LogP contribution in [0.4, 0.5) is 20.2 Å². The Morgan fingerprint density at radius 3 is 2.54 bits per heavy atom. The van der Waals surface area contributed by atoms with Crippen LogP contribution in [0.15, 0.2) is 42.5 Å². The fourth-order valence-electron chi connectivity index (χ4n) is 4.46. The number of unbranched alkanes of at least 4 members (excludes halogenated alkanes) is 1. The zero-order valence-electron chi connectivity index (χ0n) is 14.9. The molecule has 2 aliphatic rings. The number of nitrogens with two attached hydrogens (primary N) is 1. The van der Waals surface area contributed by atoms with E-state index in [-0.39, 0.29) is 17.6 Å². The first-order valence-corrected chi connectivity index (χ1v) is 9.44. The van der Waals surface area contributed by atoms with Gasteiger partial charge in [0.2, 0.25) is 0 Å². The van der Waals surface area contributed by atoms with Crippen LogP contribution in [-0.4, -0.2) is 37.1 Å². The Balaban J connectivity index is 1.64.